The van der Waals surface area contributed by atoms with E-state index in [1.165, 1.54) is 0 Å². The van der Waals surface area contributed by atoms with Crippen molar-refractivity contribution in [1.29, 1.82) is 0 Å². The lowest BCUT2D eigenvalue weighted by atomic mass is 10.1. The van der Waals surface area contributed by atoms with Gasteiger partial charge in [-0.25, -0.2) is 9.97 Å². The van der Waals surface area contributed by atoms with E-state index in [2.05, 4.69) is 45.0 Å². The Kier molecular flexibility index (Phi) is 2.94. The molecule has 0 spiro atoms. The Balaban J connectivity index is 2.02. The summed E-state index contributed by atoms with van der Waals surface area (Å²) < 4.78 is 2.03. The van der Waals surface area contributed by atoms with Crippen LogP contribution in [0.5, 0.6) is 0 Å². The smallest absolute Gasteiger partial charge is 0.156 e. The van der Waals surface area contributed by atoms with Crippen LogP contribution in [0.2, 0.25) is 0 Å². The fourth-order valence-electron chi connectivity index (χ4n) is 2.96. The van der Waals surface area contributed by atoms with Crippen molar-refractivity contribution in [3.63, 3.8) is 0 Å². The van der Waals surface area contributed by atoms with Gasteiger partial charge < -0.3 is 14.9 Å². The summed E-state index contributed by atoms with van der Waals surface area (Å²) in [5, 5.41) is 4.19. The molecule has 114 valence electrons. The summed E-state index contributed by atoms with van der Waals surface area (Å²) in [5.41, 5.74) is 6.04. The van der Waals surface area contributed by atoms with Gasteiger partial charge in [0.05, 0.1) is 11.8 Å². The SMILES string of the molecule is C=Cc1cccc(-c2cc3c(nc(NC)c4ncn(C)c43)[nH]2)c1. The van der Waals surface area contributed by atoms with Crippen LogP contribution in [0, 0.1) is 0 Å². The fraction of sp³-hybridized carbons (Fsp3) is 0.111. The number of pyridine rings is 1. The van der Waals surface area contributed by atoms with Crippen molar-refractivity contribution < 1.29 is 0 Å². The lowest BCUT2D eigenvalue weighted by Crippen LogP contribution is -1.95. The van der Waals surface area contributed by atoms with Gasteiger partial charge in [0.25, 0.3) is 0 Å². The van der Waals surface area contributed by atoms with E-state index in [1.54, 1.807) is 0 Å². The fourth-order valence-corrected chi connectivity index (χ4v) is 2.96. The van der Waals surface area contributed by atoms with E-state index < -0.39 is 0 Å². The molecule has 5 nitrogen and oxygen atoms in total. The number of aromatic amines is 1. The predicted octanol–water partition coefficient (Wildman–Crippen LogP) is 3.80. The van der Waals surface area contributed by atoms with Crippen molar-refractivity contribution in [2.75, 3.05) is 12.4 Å². The highest BCUT2D eigenvalue weighted by atomic mass is 15.1. The Morgan fingerprint density at radius 1 is 1.30 bits per heavy atom. The third kappa shape index (κ3) is 2.01. The predicted molar refractivity (Wildman–Crippen MR) is 95.4 cm³/mol. The van der Waals surface area contributed by atoms with Gasteiger partial charge >= 0.3 is 0 Å². The molecular formula is C18H17N5. The summed E-state index contributed by atoms with van der Waals surface area (Å²) in [7, 11) is 3.86. The van der Waals surface area contributed by atoms with Gasteiger partial charge in [0.15, 0.2) is 5.82 Å². The lowest BCUT2D eigenvalue weighted by molar-refractivity contribution is 0.951. The third-order valence-corrected chi connectivity index (χ3v) is 4.11. The quantitative estimate of drug-likeness (QED) is 0.605. The van der Waals surface area contributed by atoms with E-state index in [0.29, 0.717) is 0 Å². The first kappa shape index (κ1) is 13.6. The molecule has 0 aliphatic heterocycles. The van der Waals surface area contributed by atoms with Gasteiger partial charge in [0.2, 0.25) is 0 Å². The lowest BCUT2D eigenvalue weighted by Gasteiger charge is -2.02. The molecule has 0 fully saturated rings. The van der Waals surface area contributed by atoms with Gasteiger partial charge in [-0.3, -0.25) is 0 Å². The second-order valence-electron chi connectivity index (χ2n) is 5.54. The van der Waals surface area contributed by atoms with Crippen LogP contribution in [-0.4, -0.2) is 26.6 Å². The van der Waals surface area contributed by atoms with Crippen LogP contribution in [-0.2, 0) is 7.05 Å². The van der Waals surface area contributed by atoms with Crippen LogP contribution in [0.25, 0.3) is 39.4 Å². The Morgan fingerprint density at radius 2 is 2.17 bits per heavy atom. The zero-order valence-electron chi connectivity index (χ0n) is 13.1. The maximum atomic E-state index is 4.66. The molecular weight excluding hydrogens is 286 g/mol. The number of fused-ring (bicyclic) bond motifs is 3. The largest absolute Gasteiger partial charge is 0.371 e. The minimum atomic E-state index is 0.779. The van der Waals surface area contributed by atoms with E-state index in [1.807, 2.05) is 43.2 Å². The standard InChI is InChI=1S/C18H17N5/c1-4-11-6-5-7-12(8-11)14-9-13-16-15(20-10-23(16)3)18(19-2)22-17(13)21-14/h4-10H,1H2,2-3H3,(H2,19,21,22). The highest BCUT2D eigenvalue weighted by molar-refractivity contribution is 6.07. The van der Waals surface area contributed by atoms with Crippen molar-refractivity contribution in [1.82, 2.24) is 19.5 Å². The topological polar surface area (TPSA) is 58.5 Å². The molecule has 0 bridgehead atoms. The van der Waals surface area contributed by atoms with E-state index in [9.17, 15) is 0 Å². The van der Waals surface area contributed by atoms with Crippen molar-refractivity contribution in [2.45, 2.75) is 0 Å². The maximum absolute atomic E-state index is 4.66. The van der Waals surface area contributed by atoms with Crippen LogP contribution >= 0.6 is 0 Å². The molecule has 1 aromatic carbocycles. The Labute approximate surface area is 133 Å². The van der Waals surface area contributed by atoms with E-state index >= 15 is 0 Å². The van der Waals surface area contributed by atoms with Crippen LogP contribution in [0.4, 0.5) is 5.82 Å². The van der Waals surface area contributed by atoms with Crippen molar-refractivity contribution in [3.8, 4) is 11.3 Å². The van der Waals surface area contributed by atoms with Gasteiger partial charge in [-0.2, -0.15) is 0 Å². The number of aryl methyl sites for hydroxylation is 1. The molecule has 4 aromatic rings. The molecule has 5 heteroatoms. The number of imidazole rings is 1. The molecule has 0 saturated heterocycles. The average molecular weight is 303 g/mol. The number of rotatable bonds is 3. The Bertz CT molecular complexity index is 1040. The molecule has 0 unspecified atom stereocenters. The monoisotopic (exact) mass is 303 g/mol. The van der Waals surface area contributed by atoms with Gasteiger partial charge in [0.1, 0.15) is 11.2 Å². The van der Waals surface area contributed by atoms with E-state index in [4.69, 9.17) is 0 Å². The summed E-state index contributed by atoms with van der Waals surface area (Å²) >= 11 is 0. The second-order valence-corrected chi connectivity index (χ2v) is 5.54. The molecule has 3 heterocycles. The minimum absolute atomic E-state index is 0.779. The van der Waals surface area contributed by atoms with Gasteiger partial charge in [-0.1, -0.05) is 30.9 Å². The van der Waals surface area contributed by atoms with Crippen molar-refractivity contribution in [2.24, 2.45) is 7.05 Å². The summed E-state index contributed by atoms with van der Waals surface area (Å²) in [4.78, 5) is 12.5. The van der Waals surface area contributed by atoms with E-state index in [-0.39, 0.29) is 0 Å². The third-order valence-electron chi connectivity index (χ3n) is 4.11. The number of nitrogens with one attached hydrogen (secondary N) is 2. The van der Waals surface area contributed by atoms with Crippen molar-refractivity contribution >= 4 is 34.0 Å². The number of hydrogen-bond donors (Lipinski definition) is 2. The van der Waals surface area contributed by atoms with Crippen LogP contribution in [0.15, 0.2) is 43.2 Å². The molecule has 0 aliphatic carbocycles. The first-order valence-corrected chi connectivity index (χ1v) is 7.45. The summed E-state index contributed by atoms with van der Waals surface area (Å²) in [6.07, 6.45) is 3.67. The second kappa shape index (κ2) is 4.98. The number of anilines is 1. The molecule has 3 aromatic heterocycles. The summed E-state index contributed by atoms with van der Waals surface area (Å²) in [6, 6.07) is 10.4. The molecule has 0 radical (unpaired) electrons. The van der Waals surface area contributed by atoms with Crippen LogP contribution < -0.4 is 5.32 Å². The number of hydrogen-bond acceptors (Lipinski definition) is 3. The zero-order valence-corrected chi connectivity index (χ0v) is 13.1. The molecule has 0 atom stereocenters. The zero-order chi connectivity index (χ0) is 16.0. The van der Waals surface area contributed by atoms with Gasteiger partial charge in [-0.05, 0) is 23.3 Å². The maximum Gasteiger partial charge on any atom is 0.156 e. The normalized spacial score (nSPS) is 11.2. The highest BCUT2D eigenvalue weighted by Gasteiger charge is 2.15. The Morgan fingerprint density at radius 3 is 2.96 bits per heavy atom. The average Bonchev–Trinajstić information content (AvgIpc) is 3.17. The highest BCUT2D eigenvalue weighted by Crippen LogP contribution is 2.31. The summed E-state index contributed by atoms with van der Waals surface area (Å²) in [5.74, 6) is 0.779. The minimum Gasteiger partial charge on any atom is -0.371 e. The molecule has 23 heavy (non-hydrogen) atoms. The molecule has 0 aliphatic rings. The number of benzene rings is 1. The van der Waals surface area contributed by atoms with Crippen LogP contribution in [0.3, 0.4) is 0 Å². The molecule has 0 saturated carbocycles. The Hall–Kier alpha value is -3.08. The molecule has 2 N–H and O–H groups in total. The summed E-state index contributed by atoms with van der Waals surface area (Å²) in [6.45, 7) is 3.83. The van der Waals surface area contributed by atoms with E-state index in [0.717, 1.165) is 44.7 Å². The van der Waals surface area contributed by atoms with Gasteiger partial charge in [-0.15, -0.1) is 0 Å². The number of H-pyrrole nitrogens is 1. The molecule has 4 rings (SSSR count). The first-order chi connectivity index (χ1) is 11.2. The van der Waals surface area contributed by atoms with Crippen LogP contribution in [0.1, 0.15) is 5.56 Å². The number of nitrogens with zero attached hydrogens (tertiary/aromatic N) is 3. The molecule has 0 amide bonds. The van der Waals surface area contributed by atoms with Crippen molar-refractivity contribution in [3.05, 3.63) is 48.8 Å². The first-order valence-electron chi connectivity index (χ1n) is 7.45. The number of aromatic nitrogens is 4. The van der Waals surface area contributed by atoms with Gasteiger partial charge in [0, 0.05) is 25.2 Å².